The molecule has 2 rings (SSSR count). The number of halogens is 2. The van der Waals surface area contributed by atoms with Crippen LogP contribution in [0.5, 0.6) is 0 Å². The Morgan fingerprint density at radius 1 is 1.23 bits per heavy atom. The van der Waals surface area contributed by atoms with Crippen molar-refractivity contribution in [1.82, 2.24) is 4.90 Å². The second-order valence-electron chi connectivity index (χ2n) is 6.51. The summed E-state index contributed by atoms with van der Waals surface area (Å²) >= 11 is 5.92. The lowest BCUT2D eigenvalue weighted by molar-refractivity contribution is 0.0240. The largest absolute Gasteiger partial charge is 0.444 e. The first-order valence-electron chi connectivity index (χ1n) is 7.36. The fourth-order valence-corrected chi connectivity index (χ4v) is 2.49. The van der Waals surface area contributed by atoms with Crippen LogP contribution in [-0.4, -0.2) is 42.8 Å². The Bertz CT molecular complexity index is 564. The molecule has 0 bridgehead atoms. The van der Waals surface area contributed by atoms with E-state index < -0.39 is 5.60 Å². The predicted octanol–water partition coefficient (Wildman–Crippen LogP) is 3.84. The van der Waals surface area contributed by atoms with E-state index in [-0.39, 0.29) is 11.9 Å². The van der Waals surface area contributed by atoms with E-state index in [0.717, 1.165) is 5.56 Å². The zero-order chi connectivity index (χ0) is 16.5. The molecule has 0 spiro atoms. The van der Waals surface area contributed by atoms with Crippen LogP contribution in [0.4, 0.5) is 14.9 Å². The molecule has 1 fully saturated rings. The second-order valence-corrected chi connectivity index (χ2v) is 6.91. The average Bonchev–Trinajstić information content (AvgIpc) is 2.41. The van der Waals surface area contributed by atoms with Crippen LogP contribution in [0.15, 0.2) is 12.1 Å². The number of aryl methyl sites for hydroxylation is 1. The van der Waals surface area contributed by atoms with Crippen LogP contribution in [0, 0.1) is 12.7 Å². The van der Waals surface area contributed by atoms with Gasteiger partial charge < -0.3 is 14.5 Å². The van der Waals surface area contributed by atoms with E-state index >= 15 is 0 Å². The van der Waals surface area contributed by atoms with E-state index in [9.17, 15) is 9.18 Å². The van der Waals surface area contributed by atoms with Gasteiger partial charge in [0, 0.05) is 31.2 Å². The number of rotatable bonds is 1. The number of carbonyl (C=O) groups is 1. The maximum atomic E-state index is 14.1. The summed E-state index contributed by atoms with van der Waals surface area (Å²) in [7, 11) is 0. The SMILES string of the molecule is Cc1cc(N2CCN(C(=O)OC(C)(C)C)CC2)c(F)cc1Cl. The molecule has 1 aliphatic heterocycles. The fourth-order valence-electron chi connectivity index (χ4n) is 2.34. The predicted molar refractivity (Wildman–Crippen MR) is 86.2 cm³/mol. The molecule has 0 atom stereocenters. The van der Waals surface area contributed by atoms with Gasteiger partial charge in [-0.05, 0) is 45.4 Å². The van der Waals surface area contributed by atoms with Crippen LogP contribution in [0.2, 0.25) is 5.02 Å². The van der Waals surface area contributed by atoms with Crippen molar-refractivity contribution in [2.75, 3.05) is 31.1 Å². The molecular weight excluding hydrogens is 307 g/mol. The number of piperazine rings is 1. The number of hydrogen-bond acceptors (Lipinski definition) is 3. The van der Waals surface area contributed by atoms with Gasteiger partial charge in [0.15, 0.2) is 0 Å². The molecule has 0 N–H and O–H groups in total. The van der Waals surface area contributed by atoms with Gasteiger partial charge in [-0.25, -0.2) is 9.18 Å². The van der Waals surface area contributed by atoms with Gasteiger partial charge in [-0.1, -0.05) is 11.6 Å². The Morgan fingerprint density at radius 3 is 2.36 bits per heavy atom. The summed E-state index contributed by atoms with van der Waals surface area (Å²) in [5, 5.41) is 0.425. The lowest BCUT2D eigenvalue weighted by atomic mass is 10.1. The third-order valence-corrected chi connectivity index (χ3v) is 3.91. The van der Waals surface area contributed by atoms with Crippen molar-refractivity contribution in [3.05, 3.63) is 28.5 Å². The first-order valence-corrected chi connectivity index (χ1v) is 7.74. The molecule has 4 nitrogen and oxygen atoms in total. The van der Waals surface area contributed by atoms with E-state index in [0.29, 0.717) is 36.9 Å². The third-order valence-electron chi connectivity index (χ3n) is 3.50. The van der Waals surface area contributed by atoms with Crippen LogP contribution in [-0.2, 0) is 4.74 Å². The molecular formula is C16H22ClFN2O2. The van der Waals surface area contributed by atoms with Crippen molar-refractivity contribution in [2.24, 2.45) is 0 Å². The summed E-state index contributed by atoms with van der Waals surface area (Å²) in [4.78, 5) is 15.6. The van der Waals surface area contributed by atoms with Crippen LogP contribution in [0.3, 0.4) is 0 Å². The maximum Gasteiger partial charge on any atom is 0.410 e. The zero-order valence-electron chi connectivity index (χ0n) is 13.4. The Morgan fingerprint density at radius 2 is 1.82 bits per heavy atom. The highest BCUT2D eigenvalue weighted by Gasteiger charge is 2.26. The van der Waals surface area contributed by atoms with Gasteiger partial charge >= 0.3 is 6.09 Å². The minimum Gasteiger partial charge on any atom is -0.444 e. The summed E-state index contributed by atoms with van der Waals surface area (Å²) in [5.41, 5.74) is 0.867. The highest BCUT2D eigenvalue weighted by Crippen LogP contribution is 2.27. The fraction of sp³-hybridized carbons (Fsp3) is 0.562. The van der Waals surface area contributed by atoms with Gasteiger partial charge in [0.05, 0.1) is 5.69 Å². The van der Waals surface area contributed by atoms with E-state index in [1.165, 1.54) is 6.07 Å². The first kappa shape index (κ1) is 16.9. The lowest BCUT2D eigenvalue weighted by Gasteiger charge is -2.37. The number of benzene rings is 1. The normalized spacial score (nSPS) is 15.9. The monoisotopic (exact) mass is 328 g/mol. The zero-order valence-corrected chi connectivity index (χ0v) is 14.2. The summed E-state index contributed by atoms with van der Waals surface area (Å²) in [6.45, 7) is 9.52. The molecule has 0 saturated carbocycles. The molecule has 1 aromatic carbocycles. The van der Waals surface area contributed by atoms with Gasteiger partial charge in [0.1, 0.15) is 11.4 Å². The molecule has 122 valence electrons. The number of anilines is 1. The van der Waals surface area contributed by atoms with Gasteiger partial charge in [0.2, 0.25) is 0 Å². The van der Waals surface area contributed by atoms with E-state index in [4.69, 9.17) is 16.3 Å². The smallest absolute Gasteiger partial charge is 0.410 e. The van der Waals surface area contributed by atoms with Crippen LogP contribution in [0.1, 0.15) is 26.3 Å². The molecule has 1 aliphatic rings. The average molecular weight is 329 g/mol. The van der Waals surface area contributed by atoms with Crippen LogP contribution >= 0.6 is 11.6 Å². The molecule has 6 heteroatoms. The minimum absolute atomic E-state index is 0.320. The second kappa shape index (κ2) is 6.32. The molecule has 1 heterocycles. The lowest BCUT2D eigenvalue weighted by Crippen LogP contribution is -2.50. The molecule has 1 saturated heterocycles. The number of amides is 1. The summed E-state index contributed by atoms with van der Waals surface area (Å²) in [6.07, 6.45) is -0.320. The highest BCUT2D eigenvalue weighted by atomic mass is 35.5. The molecule has 1 aromatic rings. The number of ether oxygens (including phenoxy) is 1. The Kier molecular flexibility index (Phi) is 4.85. The molecule has 0 radical (unpaired) electrons. The van der Waals surface area contributed by atoms with Crippen LogP contribution < -0.4 is 4.90 Å². The third kappa shape index (κ3) is 4.03. The minimum atomic E-state index is -0.506. The van der Waals surface area contributed by atoms with Crippen molar-refractivity contribution in [1.29, 1.82) is 0 Å². The van der Waals surface area contributed by atoms with Crippen molar-refractivity contribution < 1.29 is 13.9 Å². The maximum absolute atomic E-state index is 14.1. The summed E-state index contributed by atoms with van der Waals surface area (Å²) in [5.74, 6) is -0.332. The quantitative estimate of drug-likeness (QED) is 0.785. The van der Waals surface area contributed by atoms with E-state index in [1.54, 1.807) is 11.0 Å². The van der Waals surface area contributed by atoms with Gasteiger partial charge in [0.25, 0.3) is 0 Å². The molecule has 0 aromatic heterocycles. The summed E-state index contributed by atoms with van der Waals surface area (Å²) < 4.78 is 19.4. The van der Waals surface area contributed by atoms with Crippen molar-refractivity contribution in [3.63, 3.8) is 0 Å². The molecule has 0 aliphatic carbocycles. The molecule has 22 heavy (non-hydrogen) atoms. The van der Waals surface area contributed by atoms with Gasteiger partial charge in [-0.3, -0.25) is 0 Å². The van der Waals surface area contributed by atoms with Crippen LogP contribution in [0.25, 0.3) is 0 Å². The Balaban J connectivity index is 2.01. The number of hydrogen-bond donors (Lipinski definition) is 0. The standard InChI is InChI=1S/C16H22ClFN2O2/c1-11-9-14(13(18)10-12(11)17)19-5-7-20(8-6-19)15(21)22-16(2,3)4/h9-10H,5-8H2,1-4H3. The highest BCUT2D eigenvalue weighted by molar-refractivity contribution is 6.31. The van der Waals surface area contributed by atoms with Gasteiger partial charge in [-0.15, -0.1) is 0 Å². The topological polar surface area (TPSA) is 32.8 Å². The van der Waals surface area contributed by atoms with Gasteiger partial charge in [-0.2, -0.15) is 0 Å². The summed E-state index contributed by atoms with van der Waals surface area (Å²) in [6, 6.07) is 3.09. The first-order chi connectivity index (χ1) is 10.2. The Labute approximate surface area is 135 Å². The van der Waals surface area contributed by atoms with E-state index in [2.05, 4.69) is 0 Å². The molecule has 1 amide bonds. The van der Waals surface area contributed by atoms with Crippen molar-refractivity contribution >= 4 is 23.4 Å². The van der Waals surface area contributed by atoms with E-state index in [1.807, 2.05) is 32.6 Å². The van der Waals surface area contributed by atoms with Crippen molar-refractivity contribution in [3.8, 4) is 0 Å². The Hall–Kier alpha value is -1.49. The molecule has 0 unspecified atom stereocenters. The van der Waals surface area contributed by atoms with Crippen molar-refractivity contribution in [2.45, 2.75) is 33.3 Å². The number of nitrogens with zero attached hydrogens (tertiary/aromatic N) is 2. The number of carbonyl (C=O) groups excluding carboxylic acids is 1.